The van der Waals surface area contributed by atoms with Crippen LogP contribution in [0, 0.1) is 0 Å². The molecule has 6 heteroatoms. The lowest BCUT2D eigenvalue weighted by Gasteiger charge is -2.28. The summed E-state index contributed by atoms with van der Waals surface area (Å²) in [6.07, 6.45) is 0.272. The fourth-order valence-corrected chi connectivity index (χ4v) is 2.25. The highest BCUT2D eigenvalue weighted by Crippen LogP contribution is 2.38. The predicted molar refractivity (Wildman–Crippen MR) is 71.2 cm³/mol. The van der Waals surface area contributed by atoms with Crippen molar-refractivity contribution in [3.05, 3.63) is 17.2 Å². The van der Waals surface area contributed by atoms with E-state index < -0.39 is 0 Å². The molecular formula is C13H14ClNO4. The van der Waals surface area contributed by atoms with Crippen molar-refractivity contribution in [2.45, 2.75) is 12.8 Å². The fraction of sp³-hybridized carbons (Fsp3) is 0.385. The summed E-state index contributed by atoms with van der Waals surface area (Å²) in [5.74, 6) is 0.663. The van der Waals surface area contributed by atoms with Crippen LogP contribution < -0.4 is 14.4 Å². The van der Waals surface area contributed by atoms with Crippen LogP contribution in [0.2, 0.25) is 5.02 Å². The lowest BCUT2D eigenvalue weighted by Crippen LogP contribution is -2.39. The van der Waals surface area contributed by atoms with E-state index in [0.717, 1.165) is 0 Å². The van der Waals surface area contributed by atoms with Gasteiger partial charge in [0.05, 0.1) is 31.4 Å². The number of carbonyl (C=O) groups excluding carboxylic acids is 2. The number of carbonyl (C=O) groups is 2. The molecule has 1 amide bonds. The molecule has 1 aliphatic heterocycles. The van der Waals surface area contributed by atoms with Crippen molar-refractivity contribution in [2.75, 3.05) is 25.7 Å². The first-order valence-electron chi connectivity index (χ1n) is 5.80. The minimum atomic E-state index is -0.237. The van der Waals surface area contributed by atoms with Gasteiger partial charge in [-0.3, -0.25) is 9.59 Å². The first-order valence-corrected chi connectivity index (χ1v) is 6.18. The molecule has 0 aromatic heterocycles. The maximum Gasteiger partial charge on any atom is 0.234 e. The number of piperidine rings is 1. The predicted octanol–water partition coefficient (Wildman–Crippen LogP) is 2.05. The van der Waals surface area contributed by atoms with Crippen molar-refractivity contribution in [3.8, 4) is 11.5 Å². The number of halogens is 1. The molecule has 1 aliphatic rings. The number of rotatable bonds is 3. The van der Waals surface area contributed by atoms with E-state index in [1.807, 2.05) is 0 Å². The Bertz CT molecular complexity index is 530. The Morgan fingerprint density at radius 2 is 1.84 bits per heavy atom. The zero-order valence-corrected chi connectivity index (χ0v) is 11.5. The van der Waals surface area contributed by atoms with E-state index in [-0.39, 0.29) is 18.1 Å². The summed E-state index contributed by atoms with van der Waals surface area (Å²) in [6.45, 7) is 0.346. The van der Waals surface area contributed by atoms with Gasteiger partial charge in [-0.05, 0) is 0 Å². The molecule has 1 saturated heterocycles. The first kappa shape index (κ1) is 13.7. The average molecular weight is 284 g/mol. The average Bonchev–Trinajstić information content (AvgIpc) is 2.39. The van der Waals surface area contributed by atoms with Gasteiger partial charge in [0.25, 0.3) is 0 Å². The second-order valence-electron chi connectivity index (χ2n) is 4.17. The number of ketones is 1. The highest BCUT2D eigenvalue weighted by atomic mass is 35.5. The summed E-state index contributed by atoms with van der Waals surface area (Å²) in [5.41, 5.74) is 0.571. The lowest BCUT2D eigenvalue weighted by molar-refractivity contribution is -0.128. The second kappa shape index (κ2) is 5.48. The monoisotopic (exact) mass is 283 g/mol. The van der Waals surface area contributed by atoms with Crippen molar-refractivity contribution in [3.63, 3.8) is 0 Å². The molecule has 1 aromatic rings. The number of ether oxygens (including phenoxy) is 2. The Labute approximate surface area is 116 Å². The molecule has 1 aromatic carbocycles. The first-order chi connectivity index (χ1) is 9.06. The molecule has 0 spiro atoms. The summed E-state index contributed by atoms with van der Waals surface area (Å²) in [4.78, 5) is 24.7. The minimum absolute atomic E-state index is 0.0406. The smallest absolute Gasteiger partial charge is 0.234 e. The Morgan fingerprint density at radius 3 is 2.42 bits per heavy atom. The van der Waals surface area contributed by atoms with E-state index in [9.17, 15) is 9.59 Å². The summed E-state index contributed by atoms with van der Waals surface area (Å²) in [7, 11) is 3.00. The quantitative estimate of drug-likeness (QED) is 0.797. The van der Waals surface area contributed by atoms with Gasteiger partial charge in [0, 0.05) is 25.1 Å². The molecule has 1 fully saturated rings. The second-order valence-corrected chi connectivity index (χ2v) is 4.58. The van der Waals surface area contributed by atoms with Gasteiger partial charge in [0.1, 0.15) is 17.3 Å². The van der Waals surface area contributed by atoms with Crippen molar-refractivity contribution in [1.29, 1.82) is 0 Å². The van der Waals surface area contributed by atoms with Gasteiger partial charge in [-0.25, -0.2) is 0 Å². The van der Waals surface area contributed by atoms with Crippen LogP contribution in [-0.4, -0.2) is 32.5 Å². The minimum Gasteiger partial charge on any atom is -0.495 e. The third kappa shape index (κ3) is 2.66. The molecule has 0 atom stereocenters. The van der Waals surface area contributed by atoms with Gasteiger partial charge in [0.15, 0.2) is 0 Å². The van der Waals surface area contributed by atoms with Crippen molar-refractivity contribution in [2.24, 2.45) is 0 Å². The van der Waals surface area contributed by atoms with Crippen LogP contribution in [0.4, 0.5) is 5.69 Å². The number of methoxy groups -OCH3 is 2. The summed E-state index contributed by atoms with van der Waals surface area (Å²) < 4.78 is 10.4. The van der Waals surface area contributed by atoms with E-state index in [2.05, 4.69) is 0 Å². The third-order valence-electron chi connectivity index (χ3n) is 3.01. The highest BCUT2D eigenvalue weighted by molar-refractivity contribution is 6.32. The van der Waals surface area contributed by atoms with Gasteiger partial charge < -0.3 is 14.4 Å². The molecule has 0 bridgehead atoms. The normalized spacial score (nSPS) is 15.6. The number of anilines is 1. The molecule has 0 N–H and O–H groups in total. The van der Waals surface area contributed by atoms with Gasteiger partial charge >= 0.3 is 0 Å². The maximum atomic E-state index is 11.9. The Hall–Kier alpha value is -1.75. The number of benzene rings is 1. The van der Waals surface area contributed by atoms with E-state index in [4.69, 9.17) is 21.1 Å². The molecular weight excluding hydrogens is 270 g/mol. The van der Waals surface area contributed by atoms with Crippen LogP contribution in [-0.2, 0) is 9.59 Å². The fourth-order valence-electron chi connectivity index (χ4n) is 2.02. The topological polar surface area (TPSA) is 55.8 Å². The van der Waals surface area contributed by atoms with Gasteiger partial charge in [-0.1, -0.05) is 11.6 Å². The molecule has 0 saturated carbocycles. The van der Waals surface area contributed by atoms with Crippen molar-refractivity contribution in [1.82, 2.24) is 0 Å². The maximum absolute atomic E-state index is 11.9. The van der Waals surface area contributed by atoms with E-state index >= 15 is 0 Å². The molecule has 1 heterocycles. The van der Waals surface area contributed by atoms with Crippen LogP contribution >= 0.6 is 11.6 Å². The molecule has 19 heavy (non-hydrogen) atoms. The van der Waals surface area contributed by atoms with Crippen molar-refractivity contribution >= 4 is 29.0 Å². The zero-order chi connectivity index (χ0) is 14.0. The number of hydrogen-bond acceptors (Lipinski definition) is 4. The van der Waals surface area contributed by atoms with Crippen molar-refractivity contribution < 1.29 is 19.1 Å². The summed E-state index contributed by atoms with van der Waals surface area (Å²) in [6, 6.07) is 3.24. The van der Waals surface area contributed by atoms with Gasteiger partial charge in [-0.2, -0.15) is 0 Å². The van der Waals surface area contributed by atoms with Crippen LogP contribution in [0.15, 0.2) is 12.1 Å². The molecule has 2 rings (SSSR count). The number of Topliss-reactive ketones (excluding diaryl/α,β-unsaturated/α-hetero) is 1. The van der Waals surface area contributed by atoms with Crippen LogP contribution in [0.1, 0.15) is 12.8 Å². The number of amides is 1. The van der Waals surface area contributed by atoms with Crippen LogP contribution in [0.25, 0.3) is 0 Å². The van der Waals surface area contributed by atoms with E-state index in [1.54, 1.807) is 12.1 Å². The molecule has 0 aliphatic carbocycles. The Morgan fingerprint density at radius 1 is 1.16 bits per heavy atom. The van der Waals surface area contributed by atoms with E-state index in [1.165, 1.54) is 19.1 Å². The summed E-state index contributed by atoms with van der Waals surface area (Å²) in [5, 5.41) is 0.406. The lowest BCUT2D eigenvalue weighted by atomic mass is 10.1. The SMILES string of the molecule is COc1cc(N2CCC(=O)CC2=O)c(OC)cc1Cl. The number of hydrogen-bond donors (Lipinski definition) is 0. The summed E-state index contributed by atoms with van der Waals surface area (Å²) >= 11 is 6.02. The highest BCUT2D eigenvalue weighted by Gasteiger charge is 2.27. The van der Waals surface area contributed by atoms with Crippen LogP contribution in [0.5, 0.6) is 11.5 Å². The van der Waals surface area contributed by atoms with Gasteiger partial charge in [-0.15, -0.1) is 0 Å². The molecule has 0 radical (unpaired) electrons. The Kier molecular flexibility index (Phi) is 3.95. The standard InChI is InChI=1S/C13H14ClNO4/c1-18-11-7-10(12(19-2)6-9(11)14)15-4-3-8(16)5-13(15)17/h6-7H,3-5H2,1-2H3. The zero-order valence-electron chi connectivity index (χ0n) is 10.7. The number of nitrogens with zero attached hydrogens (tertiary/aromatic N) is 1. The molecule has 0 unspecified atom stereocenters. The largest absolute Gasteiger partial charge is 0.495 e. The van der Waals surface area contributed by atoms with Gasteiger partial charge in [0.2, 0.25) is 5.91 Å². The van der Waals surface area contributed by atoms with Crippen LogP contribution in [0.3, 0.4) is 0 Å². The molecule has 5 nitrogen and oxygen atoms in total. The molecule has 102 valence electrons. The van der Waals surface area contributed by atoms with E-state index in [0.29, 0.717) is 35.2 Å². The third-order valence-corrected chi connectivity index (χ3v) is 3.30. The Balaban J connectivity index is 2.42.